The number of rotatable bonds is 8. The summed E-state index contributed by atoms with van der Waals surface area (Å²) in [5.41, 5.74) is 4.59. The highest BCUT2D eigenvalue weighted by Crippen LogP contribution is 2.35. The van der Waals surface area contributed by atoms with E-state index in [0.717, 1.165) is 40.7 Å². The third kappa shape index (κ3) is 4.51. The normalized spacial score (nSPS) is 10.6. The fourth-order valence-electron chi connectivity index (χ4n) is 2.89. The molecule has 0 aliphatic carbocycles. The molecule has 2 rings (SSSR count). The lowest BCUT2D eigenvalue weighted by Crippen LogP contribution is -1.97. The Morgan fingerprint density at radius 1 is 0.885 bits per heavy atom. The zero-order valence-electron chi connectivity index (χ0n) is 16.1. The van der Waals surface area contributed by atoms with Gasteiger partial charge in [-0.2, -0.15) is 0 Å². The van der Waals surface area contributed by atoms with Gasteiger partial charge in [-0.1, -0.05) is 12.6 Å². The average molecular weight is 356 g/mol. The van der Waals surface area contributed by atoms with Crippen molar-refractivity contribution in [3.63, 3.8) is 0 Å². The highest BCUT2D eigenvalue weighted by molar-refractivity contribution is 5.68. The summed E-state index contributed by atoms with van der Waals surface area (Å²) in [6, 6.07) is 7.61. The van der Waals surface area contributed by atoms with Crippen molar-refractivity contribution in [2.75, 3.05) is 13.2 Å². The van der Waals surface area contributed by atoms with E-state index in [1.807, 2.05) is 52.0 Å². The van der Waals surface area contributed by atoms with Crippen LogP contribution in [-0.4, -0.2) is 23.4 Å². The van der Waals surface area contributed by atoms with E-state index < -0.39 is 0 Å². The Morgan fingerprint density at radius 3 is 2.00 bits per heavy atom. The molecule has 0 saturated carbocycles. The van der Waals surface area contributed by atoms with Gasteiger partial charge in [-0.3, -0.25) is 0 Å². The van der Waals surface area contributed by atoms with Gasteiger partial charge in [-0.25, -0.2) is 0 Å². The molecule has 26 heavy (non-hydrogen) atoms. The SMILES string of the molecule is C=C(CCc1cc(C)c(O)c(OCC)c1)c1cc(C)c(O)c(OCC)c1. The van der Waals surface area contributed by atoms with E-state index in [1.54, 1.807) is 0 Å². The summed E-state index contributed by atoms with van der Waals surface area (Å²) in [6.45, 7) is 12.7. The molecule has 0 unspecified atom stereocenters. The van der Waals surface area contributed by atoms with Crippen molar-refractivity contribution in [1.82, 2.24) is 0 Å². The monoisotopic (exact) mass is 356 g/mol. The molecule has 2 aromatic carbocycles. The van der Waals surface area contributed by atoms with Gasteiger partial charge in [0.25, 0.3) is 0 Å². The lowest BCUT2D eigenvalue weighted by atomic mass is 9.97. The second kappa shape index (κ2) is 8.65. The van der Waals surface area contributed by atoms with Gasteiger partial charge in [0.05, 0.1) is 13.2 Å². The van der Waals surface area contributed by atoms with Crippen molar-refractivity contribution < 1.29 is 19.7 Å². The van der Waals surface area contributed by atoms with Crippen LogP contribution in [0.4, 0.5) is 0 Å². The largest absolute Gasteiger partial charge is 0.504 e. The zero-order chi connectivity index (χ0) is 19.3. The summed E-state index contributed by atoms with van der Waals surface area (Å²) in [5, 5.41) is 20.2. The average Bonchev–Trinajstić information content (AvgIpc) is 2.61. The maximum atomic E-state index is 10.1. The van der Waals surface area contributed by atoms with Crippen LogP contribution < -0.4 is 9.47 Å². The van der Waals surface area contributed by atoms with Gasteiger partial charge in [-0.15, -0.1) is 0 Å². The molecule has 0 heterocycles. The predicted molar refractivity (Wildman–Crippen MR) is 105 cm³/mol. The highest BCUT2D eigenvalue weighted by atomic mass is 16.5. The van der Waals surface area contributed by atoms with E-state index in [1.165, 1.54) is 0 Å². The standard InChI is InChI=1S/C22H28O4/c1-6-25-19-12-17(10-15(4)21(19)23)9-8-14(3)18-11-16(5)22(24)20(13-18)26-7-2/h10-13,23-24H,3,6-9H2,1-2,4-5H3. The minimum absolute atomic E-state index is 0.180. The van der Waals surface area contributed by atoms with Crippen LogP contribution >= 0.6 is 0 Å². The smallest absolute Gasteiger partial charge is 0.161 e. The van der Waals surface area contributed by atoms with Gasteiger partial charge in [0, 0.05) is 0 Å². The topological polar surface area (TPSA) is 58.9 Å². The Bertz CT molecular complexity index is 793. The zero-order valence-corrected chi connectivity index (χ0v) is 16.1. The van der Waals surface area contributed by atoms with Gasteiger partial charge in [0.1, 0.15) is 0 Å². The molecule has 4 nitrogen and oxygen atoms in total. The van der Waals surface area contributed by atoms with E-state index >= 15 is 0 Å². The number of phenols is 2. The summed E-state index contributed by atoms with van der Waals surface area (Å²) >= 11 is 0. The number of aromatic hydroxyl groups is 2. The van der Waals surface area contributed by atoms with Crippen LogP contribution in [0.2, 0.25) is 0 Å². The van der Waals surface area contributed by atoms with E-state index in [9.17, 15) is 10.2 Å². The summed E-state index contributed by atoms with van der Waals surface area (Å²) < 4.78 is 11.0. The number of allylic oxidation sites excluding steroid dienone is 1. The van der Waals surface area contributed by atoms with Crippen LogP contribution in [0.15, 0.2) is 30.8 Å². The molecule has 0 aliphatic heterocycles. The quantitative estimate of drug-likeness (QED) is 0.686. The second-order valence-electron chi connectivity index (χ2n) is 6.37. The van der Waals surface area contributed by atoms with Crippen LogP contribution in [0.3, 0.4) is 0 Å². The maximum Gasteiger partial charge on any atom is 0.161 e. The number of aryl methyl sites for hydroxylation is 3. The van der Waals surface area contributed by atoms with Crippen molar-refractivity contribution in [2.45, 2.75) is 40.5 Å². The molecular formula is C22H28O4. The third-order valence-electron chi connectivity index (χ3n) is 4.31. The Labute approximate surface area is 155 Å². The molecule has 0 aromatic heterocycles. The van der Waals surface area contributed by atoms with E-state index in [2.05, 4.69) is 6.58 Å². The van der Waals surface area contributed by atoms with Gasteiger partial charge in [0.2, 0.25) is 0 Å². The molecule has 0 amide bonds. The molecular weight excluding hydrogens is 328 g/mol. The van der Waals surface area contributed by atoms with E-state index in [-0.39, 0.29) is 11.5 Å². The first-order valence-corrected chi connectivity index (χ1v) is 8.97. The molecule has 4 heteroatoms. The highest BCUT2D eigenvalue weighted by Gasteiger charge is 2.12. The Morgan fingerprint density at radius 2 is 1.42 bits per heavy atom. The molecule has 0 atom stereocenters. The molecule has 0 saturated heterocycles. The summed E-state index contributed by atoms with van der Waals surface area (Å²) in [4.78, 5) is 0. The molecule has 2 aromatic rings. The number of hydrogen-bond donors (Lipinski definition) is 2. The molecule has 2 N–H and O–H groups in total. The first-order chi connectivity index (χ1) is 12.4. The molecule has 0 radical (unpaired) electrons. The summed E-state index contributed by atoms with van der Waals surface area (Å²) in [7, 11) is 0. The fraction of sp³-hybridized carbons (Fsp3) is 0.364. The number of phenolic OH excluding ortho intramolecular Hbond substituents is 2. The van der Waals surface area contributed by atoms with Crippen LogP contribution in [-0.2, 0) is 6.42 Å². The van der Waals surface area contributed by atoms with Crippen LogP contribution in [0.25, 0.3) is 5.57 Å². The van der Waals surface area contributed by atoms with Crippen LogP contribution in [0, 0.1) is 13.8 Å². The Hall–Kier alpha value is -2.62. The van der Waals surface area contributed by atoms with Crippen LogP contribution in [0.5, 0.6) is 23.0 Å². The molecule has 0 aliphatic rings. The summed E-state index contributed by atoms with van der Waals surface area (Å²) in [5.74, 6) is 1.39. The van der Waals surface area contributed by atoms with Gasteiger partial charge >= 0.3 is 0 Å². The molecule has 0 fully saturated rings. The first-order valence-electron chi connectivity index (χ1n) is 8.97. The van der Waals surface area contributed by atoms with Crippen LogP contribution in [0.1, 0.15) is 42.5 Å². The third-order valence-corrected chi connectivity index (χ3v) is 4.31. The van der Waals surface area contributed by atoms with Gasteiger partial charge in [0.15, 0.2) is 23.0 Å². The Kier molecular flexibility index (Phi) is 6.56. The lowest BCUT2D eigenvalue weighted by molar-refractivity contribution is 0.317. The minimum Gasteiger partial charge on any atom is -0.504 e. The summed E-state index contributed by atoms with van der Waals surface area (Å²) in [6.07, 6.45) is 1.54. The minimum atomic E-state index is 0.180. The predicted octanol–water partition coefficient (Wildman–Crippen LogP) is 5.16. The molecule has 0 spiro atoms. The number of hydrogen-bond acceptors (Lipinski definition) is 4. The first kappa shape index (κ1) is 19.7. The lowest BCUT2D eigenvalue weighted by Gasteiger charge is -2.14. The van der Waals surface area contributed by atoms with Crippen molar-refractivity contribution in [2.24, 2.45) is 0 Å². The molecule has 0 bridgehead atoms. The second-order valence-corrected chi connectivity index (χ2v) is 6.37. The maximum absolute atomic E-state index is 10.1. The number of ether oxygens (including phenoxy) is 2. The van der Waals surface area contributed by atoms with E-state index in [4.69, 9.17) is 9.47 Å². The van der Waals surface area contributed by atoms with Crippen molar-refractivity contribution in [1.29, 1.82) is 0 Å². The van der Waals surface area contributed by atoms with E-state index in [0.29, 0.717) is 24.7 Å². The van der Waals surface area contributed by atoms with Crippen molar-refractivity contribution in [3.05, 3.63) is 53.1 Å². The van der Waals surface area contributed by atoms with Crippen molar-refractivity contribution >= 4 is 5.57 Å². The van der Waals surface area contributed by atoms with Gasteiger partial charge in [-0.05, 0) is 86.6 Å². The molecule has 140 valence electrons. The fourth-order valence-corrected chi connectivity index (χ4v) is 2.89. The van der Waals surface area contributed by atoms with Crippen molar-refractivity contribution in [3.8, 4) is 23.0 Å². The Balaban J connectivity index is 2.16. The van der Waals surface area contributed by atoms with Gasteiger partial charge < -0.3 is 19.7 Å². The number of benzene rings is 2.